The summed E-state index contributed by atoms with van der Waals surface area (Å²) < 4.78 is 0. The summed E-state index contributed by atoms with van der Waals surface area (Å²) in [6, 6.07) is 1.65. The highest BCUT2D eigenvalue weighted by Gasteiger charge is 2.20. The maximum absolute atomic E-state index is 11.0. The Morgan fingerprint density at radius 2 is 2.53 bits per heavy atom. The minimum Gasteiger partial charge on any atom is -0.364 e. The Hall–Kier alpha value is -1.69. The summed E-state index contributed by atoms with van der Waals surface area (Å²) in [4.78, 5) is 14.6. The van der Waals surface area contributed by atoms with E-state index in [4.69, 9.17) is 0 Å². The van der Waals surface area contributed by atoms with Crippen molar-refractivity contribution in [2.45, 2.75) is 13.3 Å². The van der Waals surface area contributed by atoms with Gasteiger partial charge in [-0.25, -0.2) is 4.98 Å². The second-order valence-electron chi connectivity index (χ2n) is 4.32. The number of hydrogen-bond donors (Lipinski definition) is 2. The summed E-state index contributed by atoms with van der Waals surface area (Å²) >= 11 is 0. The number of nitro groups is 1. The summed E-state index contributed by atoms with van der Waals surface area (Å²) in [7, 11) is 0. The molecule has 0 aromatic carbocycles. The molecular formula is C11H16N4O2. The molecule has 2 heterocycles. The van der Waals surface area contributed by atoms with E-state index >= 15 is 0 Å². The lowest BCUT2D eigenvalue weighted by atomic mass is 10.1. The molecule has 6 heteroatoms. The van der Waals surface area contributed by atoms with Gasteiger partial charge in [0.2, 0.25) is 5.82 Å². The molecule has 0 bridgehead atoms. The van der Waals surface area contributed by atoms with Crippen molar-refractivity contribution in [1.29, 1.82) is 0 Å². The lowest BCUT2D eigenvalue weighted by molar-refractivity contribution is -0.384. The number of pyridine rings is 1. The molecule has 1 aromatic rings. The molecule has 0 amide bonds. The van der Waals surface area contributed by atoms with Crippen molar-refractivity contribution in [3.8, 4) is 0 Å². The van der Waals surface area contributed by atoms with Crippen LogP contribution in [-0.2, 0) is 0 Å². The van der Waals surface area contributed by atoms with Gasteiger partial charge >= 0.3 is 5.69 Å². The number of hydrogen-bond acceptors (Lipinski definition) is 5. The lowest BCUT2D eigenvalue weighted by Gasteiger charge is -2.11. The van der Waals surface area contributed by atoms with E-state index in [2.05, 4.69) is 15.6 Å². The molecule has 0 aliphatic carbocycles. The van der Waals surface area contributed by atoms with E-state index in [1.54, 1.807) is 19.2 Å². The number of rotatable bonds is 4. The molecule has 2 rings (SSSR count). The Balaban J connectivity index is 2.09. The van der Waals surface area contributed by atoms with E-state index in [1.165, 1.54) is 0 Å². The van der Waals surface area contributed by atoms with Gasteiger partial charge in [-0.05, 0) is 38.4 Å². The Labute approximate surface area is 99.6 Å². The van der Waals surface area contributed by atoms with Gasteiger partial charge in [-0.1, -0.05) is 0 Å². The highest BCUT2D eigenvalue weighted by molar-refractivity contribution is 5.59. The van der Waals surface area contributed by atoms with Crippen LogP contribution in [0.15, 0.2) is 12.3 Å². The predicted molar refractivity (Wildman–Crippen MR) is 65.1 cm³/mol. The molecule has 0 saturated carbocycles. The molecule has 0 radical (unpaired) electrons. The third-order valence-electron chi connectivity index (χ3n) is 3.03. The second-order valence-corrected chi connectivity index (χ2v) is 4.32. The monoisotopic (exact) mass is 236 g/mol. The van der Waals surface area contributed by atoms with E-state index in [9.17, 15) is 10.1 Å². The molecular weight excluding hydrogens is 220 g/mol. The van der Waals surface area contributed by atoms with Crippen LogP contribution < -0.4 is 10.6 Å². The molecule has 1 atom stereocenters. The lowest BCUT2D eigenvalue weighted by Crippen LogP contribution is -2.18. The van der Waals surface area contributed by atoms with Crippen LogP contribution in [0.25, 0.3) is 0 Å². The number of aromatic nitrogens is 1. The van der Waals surface area contributed by atoms with Gasteiger partial charge in [-0.3, -0.25) is 10.1 Å². The van der Waals surface area contributed by atoms with Crippen LogP contribution >= 0.6 is 0 Å². The molecule has 1 saturated heterocycles. The maximum Gasteiger partial charge on any atom is 0.314 e. The van der Waals surface area contributed by atoms with E-state index in [1.807, 2.05) is 0 Å². The van der Waals surface area contributed by atoms with Crippen LogP contribution in [0, 0.1) is 23.0 Å². The third-order valence-corrected chi connectivity index (χ3v) is 3.03. The predicted octanol–water partition coefficient (Wildman–Crippen LogP) is 1.32. The van der Waals surface area contributed by atoms with E-state index in [0.29, 0.717) is 17.3 Å². The van der Waals surface area contributed by atoms with Crippen LogP contribution in [0.3, 0.4) is 0 Å². The first kappa shape index (κ1) is 11.8. The van der Waals surface area contributed by atoms with Crippen molar-refractivity contribution >= 4 is 11.5 Å². The molecule has 17 heavy (non-hydrogen) atoms. The minimum atomic E-state index is -0.377. The molecule has 92 valence electrons. The van der Waals surface area contributed by atoms with Crippen LogP contribution in [0.2, 0.25) is 0 Å². The molecule has 2 N–H and O–H groups in total. The summed E-state index contributed by atoms with van der Waals surface area (Å²) in [5, 5.41) is 17.3. The fourth-order valence-electron chi connectivity index (χ4n) is 2.04. The Bertz CT molecular complexity index is 416. The van der Waals surface area contributed by atoms with Crippen molar-refractivity contribution in [3.63, 3.8) is 0 Å². The molecule has 1 aliphatic heterocycles. The first-order valence-electron chi connectivity index (χ1n) is 5.73. The zero-order valence-electron chi connectivity index (χ0n) is 9.77. The van der Waals surface area contributed by atoms with Gasteiger partial charge in [0, 0.05) is 18.3 Å². The molecule has 6 nitrogen and oxygen atoms in total. The SMILES string of the molecule is Cc1ccnc(NCC2CCNC2)c1[N+](=O)[O-]. The van der Waals surface area contributed by atoms with E-state index < -0.39 is 0 Å². The zero-order valence-corrected chi connectivity index (χ0v) is 9.77. The largest absolute Gasteiger partial charge is 0.364 e. The maximum atomic E-state index is 11.0. The van der Waals surface area contributed by atoms with Crippen LogP contribution in [0.1, 0.15) is 12.0 Å². The van der Waals surface area contributed by atoms with Gasteiger partial charge in [-0.2, -0.15) is 0 Å². The average molecular weight is 236 g/mol. The Morgan fingerprint density at radius 3 is 3.18 bits per heavy atom. The highest BCUT2D eigenvalue weighted by atomic mass is 16.6. The van der Waals surface area contributed by atoms with Crippen molar-refractivity contribution in [3.05, 3.63) is 27.9 Å². The first-order valence-corrected chi connectivity index (χ1v) is 5.73. The summed E-state index contributed by atoms with van der Waals surface area (Å²) in [5.41, 5.74) is 0.718. The molecule has 1 aliphatic rings. The van der Waals surface area contributed by atoms with Gasteiger partial charge in [0.25, 0.3) is 0 Å². The van der Waals surface area contributed by atoms with Gasteiger partial charge in [0.15, 0.2) is 0 Å². The van der Waals surface area contributed by atoms with Gasteiger partial charge < -0.3 is 10.6 Å². The summed E-state index contributed by atoms with van der Waals surface area (Å²) in [6.07, 6.45) is 2.70. The topological polar surface area (TPSA) is 80.1 Å². The number of anilines is 1. The van der Waals surface area contributed by atoms with Gasteiger partial charge in [-0.15, -0.1) is 0 Å². The molecule has 1 unspecified atom stereocenters. The van der Waals surface area contributed by atoms with Crippen molar-refractivity contribution in [2.75, 3.05) is 25.0 Å². The Kier molecular flexibility index (Phi) is 3.53. The number of nitrogens with zero attached hydrogens (tertiary/aromatic N) is 2. The normalized spacial score (nSPS) is 19.2. The second kappa shape index (κ2) is 5.09. The van der Waals surface area contributed by atoms with Crippen LogP contribution in [0.5, 0.6) is 0 Å². The smallest absolute Gasteiger partial charge is 0.314 e. The third kappa shape index (κ3) is 2.71. The molecule has 1 fully saturated rings. The minimum absolute atomic E-state index is 0.0819. The number of nitrogens with one attached hydrogen (secondary N) is 2. The molecule has 0 spiro atoms. The van der Waals surface area contributed by atoms with Crippen molar-refractivity contribution in [2.24, 2.45) is 5.92 Å². The molecule has 1 aromatic heterocycles. The Morgan fingerprint density at radius 1 is 1.71 bits per heavy atom. The average Bonchev–Trinajstić information content (AvgIpc) is 2.78. The van der Waals surface area contributed by atoms with Gasteiger partial charge in [0.1, 0.15) is 0 Å². The van der Waals surface area contributed by atoms with Crippen molar-refractivity contribution < 1.29 is 4.92 Å². The fourth-order valence-corrected chi connectivity index (χ4v) is 2.04. The first-order chi connectivity index (χ1) is 8.18. The fraction of sp³-hybridized carbons (Fsp3) is 0.545. The number of aryl methyl sites for hydroxylation is 1. The van der Waals surface area contributed by atoms with Crippen LogP contribution in [0.4, 0.5) is 11.5 Å². The highest BCUT2D eigenvalue weighted by Crippen LogP contribution is 2.25. The summed E-state index contributed by atoms with van der Waals surface area (Å²) in [6.45, 7) is 4.44. The quantitative estimate of drug-likeness (QED) is 0.608. The van der Waals surface area contributed by atoms with E-state index in [0.717, 1.165) is 26.1 Å². The summed E-state index contributed by atoms with van der Waals surface area (Å²) in [5.74, 6) is 0.902. The van der Waals surface area contributed by atoms with Gasteiger partial charge in [0.05, 0.1) is 4.92 Å². The standard InChI is InChI=1S/C11H16N4O2/c1-8-2-5-13-11(10(8)15(16)17)14-7-9-3-4-12-6-9/h2,5,9,12H,3-4,6-7H2,1H3,(H,13,14). The van der Waals surface area contributed by atoms with E-state index in [-0.39, 0.29) is 10.6 Å². The van der Waals surface area contributed by atoms with Crippen LogP contribution in [-0.4, -0.2) is 29.5 Å². The zero-order chi connectivity index (χ0) is 12.3. The van der Waals surface area contributed by atoms with Crippen molar-refractivity contribution in [1.82, 2.24) is 10.3 Å².